The largest absolute Gasteiger partial charge is 0.332 e. The number of anilines is 2. The molecule has 0 saturated carbocycles. The summed E-state index contributed by atoms with van der Waals surface area (Å²) in [7, 11) is 0. The molecule has 2 N–H and O–H groups in total. The summed E-state index contributed by atoms with van der Waals surface area (Å²) < 4.78 is 15.2. The molecule has 2 nitrogen and oxygen atoms in total. The molecule has 0 aromatic heterocycles. The van der Waals surface area contributed by atoms with Crippen molar-refractivity contribution in [3.8, 4) is 0 Å². The Kier molecular flexibility index (Phi) is 6.99. The number of hydrogen-bond acceptors (Lipinski definition) is 1. The molecule has 0 radical (unpaired) electrons. The minimum atomic E-state index is -0.384. The molecule has 6 heteroatoms. The predicted molar refractivity (Wildman–Crippen MR) is 107 cm³/mol. The molecule has 0 aliphatic rings. The maximum absolute atomic E-state index is 14.0. The topological polar surface area (TPSA) is 24.1 Å². The molecular weight excluding hydrogens is 443 g/mol. The molecule has 0 atom stereocenters. The number of rotatable bonds is 5. The second kappa shape index (κ2) is 8.76. The molecule has 0 heterocycles. The number of thiocarbonyl (C=S) groups is 1. The van der Waals surface area contributed by atoms with Crippen LogP contribution in [-0.4, -0.2) is 5.11 Å². The molecule has 0 saturated heterocycles. The van der Waals surface area contributed by atoms with Crippen molar-refractivity contribution in [1.29, 1.82) is 0 Å². The number of hydrogen-bond donors (Lipinski definition) is 2. The van der Waals surface area contributed by atoms with Crippen molar-refractivity contribution in [1.82, 2.24) is 0 Å². The Bertz CT molecular complexity index is 666. The van der Waals surface area contributed by atoms with Gasteiger partial charge in [-0.3, -0.25) is 0 Å². The number of unbranched alkanes of at least 4 members (excludes halogenated alkanes) is 1. The number of aryl methyl sites for hydroxylation is 1. The smallest absolute Gasteiger partial charge is 0.175 e. The summed E-state index contributed by atoms with van der Waals surface area (Å²) in [5.41, 5.74) is 2.49. The fourth-order valence-corrected chi connectivity index (χ4v) is 3.57. The van der Waals surface area contributed by atoms with Crippen LogP contribution in [0, 0.1) is 5.82 Å². The Balaban J connectivity index is 2.00. The first-order valence-corrected chi connectivity index (χ1v) is 9.30. The van der Waals surface area contributed by atoms with Gasteiger partial charge in [-0.15, -0.1) is 0 Å². The van der Waals surface area contributed by atoms with E-state index in [9.17, 15) is 4.39 Å². The number of benzene rings is 2. The van der Waals surface area contributed by atoms with Crippen LogP contribution in [0.2, 0.25) is 0 Å². The van der Waals surface area contributed by atoms with Crippen molar-refractivity contribution in [3.05, 3.63) is 56.7 Å². The van der Waals surface area contributed by atoms with E-state index >= 15 is 0 Å². The lowest BCUT2D eigenvalue weighted by atomic mass is 10.1. The lowest BCUT2D eigenvalue weighted by Crippen LogP contribution is -2.20. The Morgan fingerprint density at radius 2 is 1.83 bits per heavy atom. The maximum atomic E-state index is 14.0. The highest BCUT2D eigenvalue weighted by molar-refractivity contribution is 9.11. The summed E-state index contributed by atoms with van der Waals surface area (Å²) in [5, 5.41) is 6.29. The molecule has 0 spiro atoms. The van der Waals surface area contributed by atoms with Crippen LogP contribution in [0.5, 0.6) is 0 Å². The first-order valence-electron chi connectivity index (χ1n) is 7.31. The van der Waals surface area contributed by atoms with Gasteiger partial charge in [0, 0.05) is 14.6 Å². The van der Waals surface area contributed by atoms with Crippen molar-refractivity contribution in [3.63, 3.8) is 0 Å². The van der Waals surface area contributed by atoms with Crippen LogP contribution in [0.3, 0.4) is 0 Å². The van der Waals surface area contributed by atoms with Crippen LogP contribution < -0.4 is 10.6 Å². The highest BCUT2D eigenvalue weighted by atomic mass is 79.9. The molecule has 2 rings (SSSR count). The van der Waals surface area contributed by atoms with Gasteiger partial charge in [-0.1, -0.05) is 41.4 Å². The summed E-state index contributed by atoms with van der Waals surface area (Å²) in [5.74, 6) is -0.384. The molecular formula is C17H17Br2FN2S. The highest BCUT2D eigenvalue weighted by Crippen LogP contribution is 2.29. The van der Waals surface area contributed by atoms with Crippen LogP contribution in [0.15, 0.2) is 45.3 Å². The SMILES string of the molecule is CCCCc1ccc(NC(=S)Nc2c(F)cc(Br)cc2Br)cc1. The Morgan fingerprint density at radius 3 is 2.43 bits per heavy atom. The van der Waals surface area contributed by atoms with Gasteiger partial charge < -0.3 is 10.6 Å². The molecule has 0 aliphatic heterocycles. The van der Waals surface area contributed by atoms with Crippen molar-refractivity contribution < 1.29 is 4.39 Å². The summed E-state index contributed by atoms with van der Waals surface area (Å²) in [6.45, 7) is 2.18. The lowest BCUT2D eigenvalue weighted by molar-refractivity contribution is 0.630. The summed E-state index contributed by atoms with van der Waals surface area (Å²) >= 11 is 11.8. The zero-order valence-corrected chi connectivity index (χ0v) is 16.6. The van der Waals surface area contributed by atoms with Crippen LogP contribution in [0.1, 0.15) is 25.3 Å². The van der Waals surface area contributed by atoms with Crippen LogP contribution >= 0.6 is 44.1 Å². The van der Waals surface area contributed by atoms with Crippen molar-refractivity contribution >= 4 is 60.6 Å². The van der Waals surface area contributed by atoms with Gasteiger partial charge in [-0.05, 0) is 70.8 Å². The zero-order valence-electron chi connectivity index (χ0n) is 12.6. The average molecular weight is 460 g/mol. The third-order valence-corrected chi connectivity index (χ3v) is 4.56. The van der Waals surface area contributed by atoms with E-state index < -0.39 is 0 Å². The molecule has 0 bridgehead atoms. The van der Waals surface area contributed by atoms with Gasteiger partial charge in [0.05, 0.1) is 5.69 Å². The van der Waals surface area contributed by atoms with Gasteiger partial charge in [0.25, 0.3) is 0 Å². The van der Waals surface area contributed by atoms with E-state index in [1.54, 1.807) is 6.07 Å². The van der Waals surface area contributed by atoms with E-state index in [1.165, 1.54) is 24.5 Å². The first kappa shape index (κ1) is 18.4. The minimum absolute atomic E-state index is 0.310. The second-order valence-electron chi connectivity index (χ2n) is 5.12. The summed E-state index contributed by atoms with van der Waals surface area (Å²) in [4.78, 5) is 0. The quantitative estimate of drug-likeness (QED) is 0.498. The fraction of sp³-hybridized carbons (Fsp3) is 0.235. The normalized spacial score (nSPS) is 10.4. The van der Waals surface area contributed by atoms with E-state index in [0.717, 1.165) is 12.1 Å². The van der Waals surface area contributed by atoms with Gasteiger partial charge in [-0.25, -0.2) is 4.39 Å². The highest BCUT2D eigenvalue weighted by Gasteiger charge is 2.10. The molecule has 2 aromatic carbocycles. The van der Waals surface area contributed by atoms with E-state index in [4.69, 9.17) is 12.2 Å². The second-order valence-corrected chi connectivity index (χ2v) is 7.30. The van der Waals surface area contributed by atoms with Gasteiger partial charge in [0.15, 0.2) is 5.11 Å². The summed E-state index contributed by atoms with van der Waals surface area (Å²) in [6, 6.07) is 11.3. The van der Waals surface area contributed by atoms with Gasteiger partial charge in [-0.2, -0.15) is 0 Å². The number of halogens is 3. The number of nitrogens with one attached hydrogen (secondary N) is 2. The third kappa shape index (κ3) is 5.55. The Morgan fingerprint density at radius 1 is 1.13 bits per heavy atom. The zero-order chi connectivity index (χ0) is 16.8. The molecule has 0 unspecified atom stereocenters. The van der Waals surface area contributed by atoms with Crippen LogP contribution in [-0.2, 0) is 6.42 Å². The van der Waals surface area contributed by atoms with E-state index in [2.05, 4.69) is 61.5 Å². The predicted octanol–water partition coefficient (Wildman–Crippen LogP) is 6.50. The minimum Gasteiger partial charge on any atom is -0.332 e. The molecule has 2 aromatic rings. The third-order valence-electron chi connectivity index (χ3n) is 3.28. The van der Waals surface area contributed by atoms with Crippen molar-refractivity contribution in [2.45, 2.75) is 26.2 Å². The van der Waals surface area contributed by atoms with E-state index in [0.29, 0.717) is 19.7 Å². The Hall–Kier alpha value is -0.980. The van der Waals surface area contributed by atoms with Gasteiger partial charge >= 0.3 is 0 Å². The molecule has 23 heavy (non-hydrogen) atoms. The van der Waals surface area contributed by atoms with Gasteiger partial charge in [0.2, 0.25) is 0 Å². The maximum Gasteiger partial charge on any atom is 0.175 e. The van der Waals surface area contributed by atoms with Gasteiger partial charge in [0.1, 0.15) is 5.82 Å². The molecule has 0 aliphatic carbocycles. The van der Waals surface area contributed by atoms with Crippen molar-refractivity contribution in [2.75, 3.05) is 10.6 Å². The van der Waals surface area contributed by atoms with E-state index in [-0.39, 0.29) is 5.82 Å². The van der Waals surface area contributed by atoms with Crippen LogP contribution in [0.25, 0.3) is 0 Å². The fourth-order valence-electron chi connectivity index (χ4n) is 2.07. The standard InChI is InChI=1S/C17H17Br2FN2S/c1-2-3-4-11-5-7-13(8-6-11)21-17(23)22-16-14(19)9-12(18)10-15(16)20/h5-10H,2-4H2,1H3,(H2,21,22,23). The first-order chi connectivity index (χ1) is 11.0. The summed E-state index contributed by atoms with van der Waals surface area (Å²) in [6.07, 6.45) is 3.45. The van der Waals surface area contributed by atoms with E-state index in [1.807, 2.05) is 12.1 Å². The Labute approximate surface area is 158 Å². The average Bonchev–Trinajstić information content (AvgIpc) is 2.50. The molecule has 122 valence electrons. The molecule has 0 fully saturated rings. The van der Waals surface area contributed by atoms with Crippen molar-refractivity contribution in [2.24, 2.45) is 0 Å². The van der Waals surface area contributed by atoms with Crippen LogP contribution in [0.4, 0.5) is 15.8 Å². The monoisotopic (exact) mass is 458 g/mol. The molecule has 0 amide bonds. The lowest BCUT2D eigenvalue weighted by Gasteiger charge is -2.13.